The second kappa shape index (κ2) is 6.20. The molecule has 0 saturated heterocycles. The maximum absolute atomic E-state index is 12.1. The fourth-order valence-electron chi connectivity index (χ4n) is 1.67. The molecule has 0 saturated carbocycles. The van der Waals surface area contributed by atoms with Crippen LogP contribution in [-0.2, 0) is 0 Å². The number of amides is 1. The number of carbonyl (C=O) groups excluding carboxylic acids is 1. The first-order valence-corrected chi connectivity index (χ1v) is 8.20. The van der Waals surface area contributed by atoms with Crippen LogP contribution < -0.4 is 5.32 Å². The third kappa shape index (κ3) is 3.68. The molecule has 0 spiro atoms. The topological polar surface area (TPSA) is 29.1 Å². The van der Waals surface area contributed by atoms with Crippen molar-refractivity contribution in [3.63, 3.8) is 0 Å². The molecule has 100 valence electrons. The highest BCUT2D eigenvalue weighted by molar-refractivity contribution is 9.11. The van der Waals surface area contributed by atoms with E-state index in [0.717, 1.165) is 24.3 Å². The fraction of sp³-hybridized carbons (Fsp3) is 0.214. The summed E-state index contributed by atoms with van der Waals surface area (Å²) in [7, 11) is 0. The Bertz CT molecular complexity index is 572. The van der Waals surface area contributed by atoms with E-state index in [1.165, 1.54) is 11.3 Å². The Morgan fingerprint density at radius 2 is 1.89 bits per heavy atom. The van der Waals surface area contributed by atoms with Crippen LogP contribution in [0.15, 0.2) is 38.6 Å². The average molecular weight is 403 g/mol. The van der Waals surface area contributed by atoms with Gasteiger partial charge in [-0.05, 0) is 59.1 Å². The van der Waals surface area contributed by atoms with Crippen LogP contribution in [0.2, 0.25) is 0 Å². The van der Waals surface area contributed by atoms with Gasteiger partial charge >= 0.3 is 0 Å². The minimum absolute atomic E-state index is 0.0122. The summed E-state index contributed by atoms with van der Waals surface area (Å²) in [5, 5.41) is 3.01. The van der Waals surface area contributed by atoms with Gasteiger partial charge in [-0.15, -0.1) is 11.3 Å². The second-order valence-electron chi connectivity index (χ2n) is 4.31. The van der Waals surface area contributed by atoms with Gasteiger partial charge < -0.3 is 5.32 Å². The van der Waals surface area contributed by atoms with Crippen LogP contribution in [0.4, 0.5) is 0 Å². The van der Waals surface area contributed by atoms with Crippen molar-refractivity contribution in [2.75, 3.05) is 0 Å². The minimum atomic E-state index is -0.0331. The van der Waals surface area contributed by atoms with Crippen molar-refractivity contribution < 1.29 is 4.79 Å². The first kappa shape index (κ1) is 14.8. The van der Waals surface area contributed by atoms with Gasteiger partial charge in [0.05, 0.1) is 14.7 Å². The van der Waals surface area contributed by atoms with Crippen LogP contribution in [0.1, 0.15) is 33.8 Å². The number of hydrogen-bond acceptors (Lipinski definition) is 2. The zero-order valence-corrected chi connectivity index (χ0v) is 14.5. The van der Waals surface area contributed by atoms with Crippen molar-refractivity contribution in [2.24, 2.45) is 0 Å². The summed E-state index contributed by atoms with van der Waals surface area (Å²) >= 11 is 8.30. The molecule has 0 radical (unpaired) electrons. The van der Waals surface area contributed by atoms with Crippen LogP contribution in [0.3, 0.4) is 0 Å². The second-order valence-corrected chi connectivity index (χ2v) is 7.60. The molecular formula is C14H13Br2NOS. The van der Waals surface area contributed by atoms with E-state index < -0.39 is 0 Å². The van der Waals surface area contributed by atoms with Gasteiger partial charge in [-0.2, -0.15) is 0 Å². The van der Waals surface area contributed by atoms with Crippen LogP contribution in [0, 0.1) is 6.92 Å². The van der Waals surface area contributed by atoms with E-state index in [-0.39, 0.29) is 11.9 Å². The molecule has 0 bridgehead atoms. The van der Waals surface area contributed by atoms with Gasteiger partial charge in [-0.3, -0.25) is 4.79 Å². The molecular weight excluding hydrogens is 390 g/mol. The molecule has 0 aliphatic carbocycles. The zero-order chi connectivity index (χ0) is 14.0. The van der Waals surface area contributed by atoms with E-state index in [1.807, 2.05) is 44.2 Å². The number of hydrogen-bond donors (Lipinski definition) is 1. The molecule has 1 unspecified atom stereocenters. The van der Waals surface area contributed by atoms with Crippen molar-refractivity contribution in [3.05, 3.63) is 54.6 Å². The Labute approximate surface area is 133 Å². The largest absolute Gasteiger partial charge is 0.345 e. The number of rotatable bonds is 3. The maximum Gasteiger partial charge on any atom is 0.261 e. The highest BCUT2D eigenvalue weighted by atomic mass is 79.9. The Balaban J connectivity index is 2.08. The van der Waals surface area contributed by atoms with E-state index in [1.54, 1.807) is 0 Å². The Morgan fingerprint density at radius 3 is 2.42 bits per heavy atom. The fourth-order valence-corrected chi connectivity index (χ4v) is 3.38. The predicted octanol–water partition coefficient (Wildman–Crippen LogP) is 5.07. The van der Waals surface area contributed by atoms with Crippen LogP contribution in [0.25, 0.3) is 0 Å². The lowest BCUT2D eigenvalue weighted by Crippen LogP contribution is -2.25. The summed E-state index contributed by atoms with van der Waals surface area (Å²) in [6.07, 6.45) is 0. The minimum Gasteiger partial charge on any atom is -0.345 e. The molecule has 2 nitrogen and oxygen atoms in total. The van der Waals surface area contributed by atoms with Gasteiger partial charge in [-0.1, -0.05) is 28.1 Å². The third-order valence-electron chi connectivity index (χ3n) is 2.80. The molecule has 1 amide bonds. The number of carbonyl (C=O) groups is 1. The molecule has 0 aliphatic heterocycles. The van der Waals surface area contributed by atoms with Gasteiger partial charge in [0.15, 0.2) is 0 Å². The van der Waals surface area contributed by atoms with E-state index in [4.69, 9.17) is 0 Å². The van der Waals surface area contributed by atoms with Crippen LogP contribution >= 0.6 is 43.2 Å². The first-order chi connectivity index (χ1) is 8.97. The molecule has 0 fully saturated rings. The standard InChI is InChI=1S/C14H13Br2NOS/c1-8-7-12(19-13(8)16)14(18)17-9(2)10-3-5-11(15)6-4-10/h3-7,9H,1-2H3,(H,17,18). The Hall–Kier alpha value is -0.650. The van der Waals surface area contributed by atoms with Gasteiger partial charge in [-0.25, -0.2) is 0 Å². The van der Waals surface area contributed by atoms with Gasteiger partial charge in [0.25, 0.3) is 5.91 Å². The maximum atomic E-state index is 12.1. The first-order valence-electron chi connectivity index (χ1n) is 5.79. The number of nitrogens with one attached hydrogen (secondary N) is 1. The average Bonchev–Trinajstić information content (AvgIpc) is 2.70. The monoisotopic (exact) mass is 401 g/mol. The third-order valence-corrected chi connectivity index (χ3v) is 5.46. The van der Waals surface area contributed by atoms with E-state index >= 15 is 0 Å². The summed E-state index contributed by atoms with van der Waals surface area (Å²) < 4.78 is 2.04. The molecule has 0 aliphatic rings. The molecule has 2 aromatic rings. The van der Waals surface area contributed by atoms with E-state index in [0.29, 0.717) is 0 Å². The number of aryl methyl sites for hydroxylation is 1. The SMILES string of the molecule is Cc1cc(C(=O)NC(C)c2ccc(Br)cc2)sc1Br. The molecule has 1 N–H and O–H groups in total. The molecule has 1 aromatic carbocycles. The Morgan fingerprint density at radius 1 is 1.26 bits per heavy atom. The lowest BCUT2D eigenvalue weighted by Gasteiger charge is -2.13. The lowest BCUT2D eigenvalue weighted by atomic mass is 10.1. The molecule has 1 atom stereocenters. The van der Waals surface area contributed by atoms with E-state index in [2.05, 4.69) is 37.2 Å². The summed E-state index contributed by atoms with van der Waals surface area (Å²) in [6, 6.07) is 9.85. The normalized spacial score (nSPS) is 12.2. The summed E-state index contributed by atoms with van der Waals surface area (Å²) in [5.74, 6) is -0.0331. The highest BCUT2D eigenvalue weighted by Crippen LogP contribution is 2.27. The van der Waals surface area contributed by atoms with Crippen molar-refractivity contribution in [3.8, 4) is 0 Å². The summed E-state index contributed by atoms with van der Waals surface area (Å²) in [6.45, 7) is 3.96. The van der Waals surface area contributed by atoms with Crippen LogP contribution in [-0.4, -0.2) is 5.91 Å². The van der Waals surface area contributed by atoms with Crippen LogP contribution in [0.5, 0.6) is 0 Å². The summed E-state index contributed by atoms with van der Waals surface area (Å²) in [4.78, 5) is 12.9. The van der Waals surface area contributed by atoms with Gasteiger partial charge in [0, 0.05) is 4.47 Å². The van der Waals surface area contributed by atoms with Crippen molar-refractivity contribution in [1.82, 2.24) is 5.32 Å². The van der Waals surface area contributed by atoms with E-state index in [9.17, 15) is 4.79 Å². The Kier molecular flexibility index (Phi) is 4.81. The quantitative estimate of drug-likeness (QED) is 0.762. The smallest absolute Gasteiger partial charge is 0.261 e. The molecule has 1 aromatic heterocycles. The molecule has 1 heterocycles. The number of thiophene rings is 1. The van der Waals surface area contributed by atoms with Crippen molar-refractivity contribution in [1.29, 1.82) is 0 Å². The molecule has 2 rings (SSSR count). The number of benzene rings is 1. The number of halogens is 2. The lowest BCUT2D eigenvalue weighted by molar-refractivity contribution is 0.0944. The van der Waals surface area contributed by atoms with Gasteiger partial charge in [0.2, 0.25) is 0 Å². The molecule has 19 heavy (non-hydrogen) atoms. The van der Waals surface area contributed by atoms with Crippen molar-refractivity contribution in [2.45, 2.75) is 19.9 Å². The zero-order valence-electron chi connectivity index (χ0n) is 10.5. The van der Waals surface area contributed by atoms with Gasteiger partial charge in [0.1, 0.15) is 0 Å². The molecule has 5 heteroatoms. The predicted molar refractivity (Wildman–Crippen MR) is 86.8 cm³/mol. The highest BCUT2D eigenvalue weighted by Gasteiger charge is 2.14. The summed E-state index contributed by atoms with van der Waals surface area (Å²) in [5.41, 5.74) is 2.18. The van der Waals surface area contributed by atoms with Crippen molar-refractivity contribution >= 4 is 49.1 Å².